The number of fused-ring (bicyclic) bond motifs is 1. The van der Waals surface area contributed by atoms with Gasteiger partial charge in [-0.2, -0.15) is 0 Å². The lowest BCUT2D eigenvalue weighted by atomic mass is 9.81. The summed E-state index contributed by atoms with van der Waals surface area (Å²) in [6, 6.07) is 8.70. The number of ether oxygens (including phenoxy) is 1. The molecule has 1 spiro atoms. The second-order valence-corrected chi connectivity index (χ2v) is 15.4. The minimum absolute atomic E-state index is 0.00325. The largest absolute Gasteiger partial charge is 0.495 e. The van der Waals surface area contributed by atoms with E-state index in [9.17, 15) is 9.59 Å². The molecule has 1 N–H and O–H groups in total. The Kier molecular flexibility index (Phi) is 8.10. The molecule has 9 nitrogen and oxygen atoms in total. The average Bonchev–Trinajstić information content (AvgIpc) is 3.35. The smallest absolute Gasteiger partial charge is 0.263 e. The molecule has 5 aliphatic rings. The van der Waals surface area contributed by atoms with Gasteiger partial charge in [0.15, 0.2) is 5.17 Å². The molecule has 1 saturated carbocycles. The zero-order chi connectivity index (χ0) is 32.5. The van der Waals surface area contributed by atoms with Gasteiger partial charge in [0.2, 0.25) is 5.91 Å². The van der Waals surface area contributed by atoms with Gasteiger partial charge < -0.3 is 24.8 Å². The zero-order valence-corrected chi connectivity index (χ0v) is 29.2. The minimum Gasteiger partial charge on any atom is -0.495 e. The fourth-order valence-corrected chi connectivity index (χ4v) is 9.34. The van der Waals surface area contributed by atoms with Crippen molar-refractivity contribution >= 4 is 51.9 Å². The first-order chi connectivity index (χ1) is 22.0. The number of likely N-dealkylation sites (tertiary alicyclic amines) is 1. The maximum Gasteiger partial charge on any atom is 0.263 e. The Labute approximate surface area is 284 Å². The number of piperazine rings is 1. The van der Waals surface area contributed by atoms with Crippen LogP contribution in [0.5, 0.6) is 5.75 Å². The first kappa shape index (κ1) is 31.8. The number of amides is 2. The van der Waals surface area contributed by atoms with E-state index >= 15 is 0 Å². The molecule has 1 aromatic carbocycles. The first-order valence-electron chi connectivity index (χ1n) is 16.1. The van der Waals surface area contributed by atoms with Gasteiger partial charge in [0, 0.05) is 48.7 Å². The van der Waals surface area contributed by atoms with Crippen molar-refractivity contribution in [2.45, 2.75) is 82.6 Å². The Morgan fingerprint density at radius 3 is 2.61 bits per heavy atom. The van der Waals surface area contributed by atoms with E-state index < -0.39 is 11.6 Å². The number of allylic oxidation sites excluding steroid dienone is 1. The number of methoxy groups -OCH3 is 1. The van der Waals surface area contributed by atoms with E-state index in [2.05, 4.69) is 42.9 Å². The number of carbonyl (C=O) groups excluding carboxylic acids is 2. The highest BCUT2D eigenvalue weighted by atomic mass is 35.5. The Morgan fingerprint density at radius 1 is 1.15 bits per heavy atom. The number of thioether (sulfide) groups is 1. The molecule has 2 aromatic rings. The van der Waals surface area contributed by atoms with Crippen LogP contribution in [0.2, 0.25) is 10.2 Å². The van der Waals surface area contributed by atoms with Crippen molar-refractivity contribution in [2.75, 3.05) is 26.7 Å². The molecule has 2 unspecified atom stereocenters. The number of nitrogens with one attached hydrogen (secondary N) is 1. The number of halogens is 2. The lowest BCUT2D eigenvalue weighted by Gasteiger charge is -2.38. The Morgan fingerprint density at radius 2 is 1.93 bits per heavy atom. The van der Waals surface area contributed by atoms with Crippen molar-refractivity contribution in [2.24, 2.45) is 10.9 Å². The van der Waals surface area contributed by atoms with E-state index in [1.165, 1.54) is 11.8 Å². The summed E-state index contributed by atoms with van der Waals surface area (Å²) in [4.78, 5) is 45.1. The molecule has 4 atom stereocenters. The monoisotopic (exact) mass is 682 g/mol. The van der Waals surface area contributed by atoms with Crippen LogP contribution in [0.25, 0.3) is 0 Å². The van der Waals surface area contributed by atoms with Crippen LogP contribution in [0, 0.1) is 5.92 Å². The van der Waals surface area contributed by atoms with E-state index in [0.29, 0.717) is 33.8 Å². The van der Waals surface area contributed by atoms with Gasteiger partial charge in [-0.15, -0.1) is 0 Å². The number of amidine groups is 1. The molecule has 0 radical (unpaired) electrons. The Bertz CT molecular complexity index is 1640. The van der Waals surface area contributed by atoms with E-state index in [1.54, 1.807) is 19.4 Å². The van der Waals surface area contributed by atoms with Crippen molar-refractivity contribution in [3.63, 3.8) is 0 Å². The fourth-order valence-electron chi connectivity index (χ4n) is 7.68. The molecule has 244 valence electrons. The highest BCUT2D eigenvalue weighted by Crippen LogP contribution is 2.57. The molecule has 2 amide bonds. The van der Waals surface area contributed by atoms with Crippen LogP contribution < -0.4 is 10.1 Å². The second kappa shape index (κ2) is 11.7. The van der Waals surface area contributed by atoms with Crippen LogP contribution in [-0.2, 0) is 15.1 Å². The fraction of sp³-hybridized carbons (Fsp3) is 0.529. The summed E-state index contributed by atoms with van der Waals surface area (Å²) < 4.78 is 5.62. The standard InChI is InChI=1S/C34H40Cl2N6O3S/c1-19(2)27-28(31(44)41-20(3)6-10-24(41)30(43)40-15-14-38-34(18-40)12-13-34)46-32-39-33(4,22-8-11-26(36)37-17-22)29(42(27)32)21-7-9-23(35)25(16-21)45-5/h7-9,11,16-17,19-20,24,29,38H,6,10,12-15,18H2,1-5H3/t20-,24?,29?,33+/m1/s1. The summed E-state index contributed by atoms with van der Waals surface area (Å²) in [7, 11) is 1.60. The number of carbonyl (C=O) groups is 2. The number of pyridine rings is 1. The summed E-state index contributed by atoms with van der Waals surface area (Å²) in [6.07, 6.45) is 5.45. The topological polar surface area (TPSA) is 90.4 Å². The van der Waals surface area contributed by atoms with E-state index in [-0.39, 0.29) is 35.4 Å². The third-order valence-electron chi connectivity index (χ3n) is 10.3. The Hall–Kier alpha value is -2.79. The lowest BCUT2D eigenvalue weighted by molar-refractivity contribution is -0.144. The van der Waals surface area contributed by atoms with Crippen molar-refractivity contribution < 1.29 is 14.3 Å². The minimum atomic E-state index is -0.756. The average molecular weight is 684 g/mol. The van der Waals surface area contributed by atoms with Crippen LogP contribution in [0.1, 0.15) is 70.5 Å². The molecule has 1 aliphatic carbocycles. The van der Waals surface area contributed by atoms with Crippen molar-refractivity contribution in [1.82, 2.24) is 25.0 Å². The van der Waals surface area contributed by atoms with Crippen LogP contribution >= 0.6 is 35.0 Å². The summed E-state index contributed by atoms with van der Waals surface area (Å²) in [5, 5.41) is 5.26. The first-order valence-corrected chi connectivity index (χ1v) is 17.7. The van der Waals surface area contributed by atoms with Crippen LogP contribution in [0.3, 0.4) is 0 Å². The van der Waals surface area contributed by atoms with Gasteiger partial charge in [-0.3, -0.25) is 9.59 Å². The summed E-state index contributed by atoms with van der Waals surface area (Å²) in [6.45, 7) is 10.6. The van der Waals surface area contributed by atoms with E-state index in [4.69, 9.17) is 32.9 Å². The van der Waals surface area contributed by atoms with Gasteiger partial charge in [0.1, 0.15) is 27.4 Å². The normalized spacial score (nSPS) is 28.3. The van der Waals surface area contributed by atoms with Crippen molar-refractivity contribution in [3.05, 3.63) is 68.4 Å². The van der Waals surface area contributed by atoms with Crippen molar-refractivity contribution in [1.29, 1.82) is 0 Å². The van der Waals surface area contributed by atoms with Gasteiger partial charge in [0.25, 0.3) is 5.91 Å². The maximum atomic E-state index is 14.7. The molecule has 1 aromatic heterocycles. The predicted molar refractivity (Wildman–Crippen MR) is 182 cm³/mol. The Balaban J connectivity index is 1.28. The maximum absolute atomic E-state index is 14.7. The molecular formula is C34H40Cl2N6O3S. The van der Waals surface area contributed by atoms with E-state index in [1.807, 2.05) is 34.1 Å². The molecule has 5 heterocycles. The second-order valence-electron chi connectivity index (χ2n) is 13.7. The number of aromatic nitrogens is 1. The van der Waals surface area contributed by atoms with Crippen LogP contribution in [-0.4, -0.2) is 81.0 Å². The third-order valence-corrected chi connectivity index (χ3v) is 11.9. The zero-order valence-electron chi connectivity index (χ0n) is 26.8. The number of aliphatic imine (C=N–C) groups is 1. The SMILES string of the molecule is COc1cc(C2N3C(=N[C@@]2(C)c2ccc(Cl)nc2)SC(C(=O)N2C(C(=O)N4CCNC5(CC5)C4)CC[C@H]2C)=C3C(C)C)ccc1Cl. The summed E-state index contributed by atoms with van der Waals surface area (Å²) in [5.41, 5.74) is 2.07. The molecular weight excluding hydrogens is 643 g/mol. The molecule has 2 saturated heterocycles. The van der Waals surface area contributed by atoms with E-state index in [0.717, 1.165) is 54.3 Å². The molecule has 46 heavy (non-hydrogen) atoms. The molecule has 0 bridgehead atoms. The molecule has 12 heteroatoms. The number of rotatable bonds is 6. The highest BCUT2D eigenvalue weighted by molar-refractivity contribution is 8.18. The quantitative estimate of drug-likeness (QED) is 0.375. The third kappa shape index (κ3) is 5.20. The van der Waals surface area contributed by atoms with Gasteiger partial charge in [-0.1, -0.05) is 49.2 Å². The molecule has 7 rings (SSSR count). The van der Waals surface area contributed by atoms with Gasteiger partial charge >= 0.3 is 0 Å². The molecule has 4 aliphatic heterocycles. The van der Waals surface area contributed by atoms with Crippen LogP contribution in [0.15, 0.2) is 52.1 Å². The number of benzene rings is 1. The highest BCUT2D eigenvalue weighted by Gasteiger charge is 2.55. The van der Waals surface area contributed by atoms with Crippen LogP contribution in [0.4, 0.5) is 0 Å². The number of hydrogen-bond donors (Lipinski definition) is 1. The summed E-state index contributed by atoms with van der Waals surface area (Å²) >= 11 is 14.1. The number of nitrogens with zero attached hydrogens (tertiary/aromatic N) is 5. The van der Waals surface area contributed by atoms with Crippen molar-refractivity contribution in [3.8, 4) is 5.75 Å². The predicted octanol–water partition coefficient (Wildman–Crippen LogP) is 5.98. The lowest BCUT2D eigenvalue weighted by Crippen LogP contribution is -2.58. The van der Waals surface area contributed by atoms with Gasteiger partial charge in [0.05, 0.1) is 18.2 Å². The molecule has 3 fully saturated rings. The van der Waals surface area contributed by atoms with Gasteiger partial charge in [-0.25, -0.2) is 9.98 Å². The van der Waals surface area contributed by atoms with Gasteiger partial charge in [-0.05, 0) is 81.0 Å². The summed E-state index contributed by atoms with van der Waals surface area (Å²) in [5.74, 6) is 0.548. The number of hydrogen-bond acceptors (Lipinski definition) is 8.